The van der Waals surface area contributed by atoms with E-state index >= 15 is 0 Å². The summed E-state index contributed by atoms with van der Waals surface area (Å²) in [5.41, 5.74) is 3.28. The second kappa shape index (κ2) is 6.42. The molecule has 5 heteroatoms. The molecule has 1 aromatic carbocycles. The number of hydrogen-bond donors (Lipinski definition) is 1. The number of rotatable bonds is 4. The van der Waals surface area contributed by atoms with E-state index in [2.05, 4.69) is 54.7 Å². The third kappa shape index (κ3) is 3.62. The second-order valence-electron chi connectivity index (χ2n) is 6.24. The van der Waals surface area contributed by atoms with Crippen molar-refractivity contribution < 1.29 is 0 Å². The third-order valence-corrected chi connectivity index (χ3v) is 4.62. The lowest BCUT2D eigenvalue weighted by atomic mass is 9.88. The lowest BCUT2D eigenvalue weighted by Gasteiger charge is -2.23. The fraction of sp³-hybridized carbons (Fsp3) is 0.500. The van der Waals surface area contributed by atoms with E-state index in [0.717, 1.165) is 28.4 Å². The van der Waals surface area contributed by atoms with E-state index in [1.54, 1.807) is 0 Å². The Bertz CT molecular complexity index is 616. The SMILES string of the molecule is CCNC(c1ccc(C)c(Cl)c1)c1snnc1C(C)(C)C. The van der Waals surface area contributed by atoms with E-state index < -0.39 is 0 Å². The van der Waals surface area contributed by atoms with E-state index in [9.17, 15) is 0 Å². The van der Waals surface area contributed by atoms with Crippen LogP contribution in [-0.4, -0.2) is 16.1 Å². The van der Waals surface area contributed by atoms with Crippen LogP contribution in [-0.2, 0) is 5.41 Å². The Morgan fingerprint density at radius 3 is 2.62 bits per heavy atom. The zero-order valence-corrected chi connectivity index (χ0v) is 14.8. The van der Waals surface area contributed by atoms with Crippen molar-refractivity contribution in [2.45, 2.75) is 46.1 Å². The molecule has 0 saturated heterocycles. The molecule has 0 aliphatic carbocycles. The molecular weight excluding hydrogens is 302 g/mol. The number of nitrogens with zero attached hydrogens (tertiary/aromatic N) is 2. The molecule has 2 rings (SSSR count). The lowest BCUT2D eigenvalue weighted by molar-refractivity contribution is 0.543. The van der Waals surface area contributed by atoms with Gasteiger partial charge in [-0.25, -0.2) is 0 Å². The predicted octanol–water partition coefficient (Wildman–Crippen LogP) is 4.50. The molecule has 2 aromatic rings. The fourth-order valence-corrected chi connectivity index (χ4v) is 3.42. The van der Waals surface area contributed by atoms with E-state index in [-0.39, 0.29) is 11.5 Å². The quantitative estimate of drug-likeness (QED) is 0.900. The van der Waals surface area contributed by atoms with Gasteiger partial charge in [0.1, 0.15) is 0 Å². The highest BCUT2D eigenvalue weighted by atomic mass is 35.5. The number of halogens is 1. The van der Waals surface area contributed by atoms with Crippen LogP contribution in [0.4, 0.5) is 0 Å². The van der Waals surface area contributed by atoms with Crippen molar-refractivity contribution in [1.29, 1.82) is 0 Å². The minimum atomic E-state index is -0.0233. The molecule has 0 radical (unpaired) electrons. The predicted molar refractivity (Wildman–Crippen MR) is 90.3 cm³/mol. The zero-order chi connectivity index (χ0) is 15.6. The van der Waals surface area contributed by atoms with Gasteiger partial charge in [0.15, 0.2) is 0 Å². The van der Waals surface area contributed by atoms with Gasteiger partial charge in [0.2, 0.25) is 0 Å². The number of hydrogen-bond acceptors (Lipinski definition) is 4. The van der Waals surface area contributed by atoms with Gasteiger partial charge >= 0.3 is 0 Å². The van der Waals surface area contributed by atoms with Crippen molar-refractivity contribution in [3.05, 3.63) is 44.9 Å². The van der Waals surface area contributed by atoms with Crippen LogP contribution in [0.15, 0.2) is 18.2 Å². The topological polar surface area (TPSA) is 37.8 Å². The Morgan fingerprint density at radius 1 is 1.33 bits per heavy atom. The Kier molecular flexibility index (Phi) is 5.02. The molecule has 0 spiro atoms. The highest BCUT2D eigenvalue weighted by Gasteiger charge is 2.28. The molecule has 1 unspecified atom stereocenters. The maximum Gasteiger partial charge on any atom is 0.0860 e. The van der Waals surface area contributed by atoms with Crippen LogP contribution in [0.2, 0.25) is 5.02 Å². The molecule has 1 atom stereocenters. The number of aromatic nitrogens is 2. The molecule has 114 valence electrons. The van der Waals surface area contributed by atoms with Gasteiger partial charge in [-0.3, -0.25) is 0 Å². The Labute approximate surface area is 135 Å². The van der Waals surface area contributed by atoms with Crippen LogP contribution in [0, 0.1) is 6.92 Å². The summed E-state index contributed by atoms with van der Waals surface area (Å²) in [5.74, 6) is 0. The largest absolute Gasteiger partial charge is 0.306 e. The summed E-state index contributed by atoms with van der Waals surface area (Å²) in [6.45, 7) is 11.5. The zero-order valence-electron chi connectivity index (χ0n) is 13.2. The smallest absolute Gasteiger partial charge is 0.0860 e. The Hall–Kier alpha value is -0.970. The molecule has 21 heavy (non-hydrogen) atoms. The highest BCUT2D eigenvalue weighted by Crippen LogP contribution is 2.34. The fourth-order valence-electron chi connectivity index (χ4n) is 2.26. The van der Waals surface area contributed by atoms with Crippen molar-refractivity contribution in [1.82, 2.24) is 14.9 Å². The Balaban J connectivity index is 2.49. The molecule has 1 heterocycles. The van der Waals surface area contributed by atoms with Gasteiger partial charge in [0.25, 0.3) is 0 Å². The first-order chi connectivity index (χ1) is 9.84. The first-order valence-electron chi connectivity index (χ1n) is 7.16. The first-order valence-corrected chi connectivity index (χ1v) is 8.32. The van der Waals surface area contributed by atoms with Crippen LogP contribution in [0.3, 0.4) is 0 Å². The van der Waals surface area contributed by atoms with Crippen molar-refractivity contribution in [3.63, 3.8) is 0 Å². The summed E-state index contributed by atoms with van der Waals surface area (Å²) in [4.78, 5) is 1.17. The molecule has 0 bridgehead atoms. The number of nitrogens with one attached hydrogen (secondary N) is 1. The Morgan fingerprint density at radius 2 is 2.05 bits per heavy atom. The molecule has 0 fully saturated rings. The van der Waals surface area contributed by atoms with Gasteiger partial charge in [-0.15, -0.1) is 5.10 Å². The molecule has 0 aliphatic heterocycles. The van der Waals surface area contributed by atoms with Crippen LogP contribution < -0.4 is 5.32 Å². The van der Waals surface area contributed by atoms with Crippen LogP contribution in [0.1, 0.15) is 55.4 Å². The summed E-state index contributed by atoms with van der Waals surface area (Å²) in [6.07, 6.45) is 0. The summed E-state index contributed by atoms with van der Waals surface area (Å²) < 4.78 is 4.18. The maximum atomic E-state index is 6.29. The lowest BCUT2D eigenvalue weighted by Crippen LogP contribution is -2.25. The van der Waals surface area contributed by atoms with E-state index in [4.69, 9.17) is 11.6 Å². The summed E-state index contributed by atoms with van der Waals surface area (Å²) in [5, 5.41) is 8.68. The van der Waals surface area contributed by atoms with Gasteiger partial charge < -0.3 is 5.32 Å². The summed E-state index contributed by atoms with van der Waals surface area (Å²) in [6, 6.07) is 6.31. The van der Waals surface area contributed by atoms with Crippen LogP contribution in [0.5, 0.6) is 0 Å². The molecule has 0 amide bonds. The average Bonchev–Trinajstić information content (AvgIpc) is 2.88. The van der Waals surface area contributed by atoms with Crippen molar-refractivity contribution >= 4 is 23.1 Å². The number of benzene rings is 1. The standard InChI is InChI=1S/C16H22ClN3S/c1-6-18-13(11-8-7-10(2)12(17)9-11)14-15(16(3,4)5)19-20-21-14/h7-9,13,18H,6H2,1-5H3. The van der Waals surface area contributed by atoms with Crippen LogP contribution in [0.25, 0.3) is 0 Å². The molecule has 1 aromatic heterocycles. The summed E-state index contributed by atoms with van der Waals surface area (Å²) >= 11 is 7.76. The third-order valence-electron chi connectivity index (χ3n) is 3.42. The maximum absolute atomic E-state index is 6.29. The van der Waals surface area contributed by atoms with Gasteiger partial charge in [-0.2, -0.15) is 0 Å². The van der Waals surface area contributed by atoms with E-state index in [1.807, 2.05) is 13.0 Å². The van der Waals surface area contributed by atoms with Crippen molar-refractivity contribution in [3.8, 4) is 0 Å². The average molecular weight is 324 g/mol. The van der Waals surface area contributed by atoms with Crippen molar-refractivity contribution in [2.24, 2.45) is 0 Å². The first kappa shape index (κ1) is 16.4. The van der Waals surface area contributed by atoms with Crippen LogP contribution >= 0.6 is 23.1 Å². The molecule has 3 nitrogen and oxygen atoms in total. The summed E-state index contributed by atoms with van der Waals surface area (Å²) in [7, 11) is 0. The van der Waals surface area contributed by atoms with Gasteiger partial charge in [-0.05, 0) is 42.2 Å². The normalized spacial score (nSPS) is 13.4. The highest BCUT2D eigenvalue weighted by molar-refractivity contribution is 7.05. The van der Waals surface area contributed by atoms with E-state index in [1.165, 1.54) is 16.4 Å². The second-order valence-corrected chi connectivity index (χ2v) is 7.43. The molecule has 0 saturated carbocycles. The van der Waals surface area contributed by atoms with Gasteiger partial charge in [0, 0.05) is 10.4 Å². The molecule has 0 aliphatic rings. The number of aryl methyl sites for hydroxylation is 1. The monoisotopic (exact) mass is 323 g/mol. The van der Waals surface area contributed by atoms with E-state index in [0.29, 0.717) is 0 Å². The molecular formula is C16H22ClN3S. The van der Waals surface area contributed by atoms with Crippen molar-refractivity contribution in [2.75, 3.05) is 6.54 Å². The minimum Gasteiger partial charge on any atom is -0.306 e. The molecule has 1 N–H and O–H groups in total. The minimum absolute atomic E-state index is 0.0233. The van der Waals surface area contributed by atoms with Gasteiger partial charge in [0.05, 0.1) is 16.6 Å². The van der Waals surface area contributed by atoms with Gasteiger partial charge in [-0.1, -0.05) is 55.9 Å².